The zero-order chi connectivity index (χ0) is 20.1. The third-order valence-corrected chi connectivity index (χ3v) is 6.89. The van der Waals surface area contributed by atoms with Crippen molar-refractivity contribution in [3.63, 3.8) is 0 Å². The molecule has 4 nitrogen and oxygen atoms in total. The molecule has 4 rings (SSSR count). The second-order valence-electron chi connectivity index (χ2n) is 8.71. The minimum atomic E-state index is -0.615. The maximum absolute atomic E-state index is 11.6. The van der Waals surface area contributed by atoms with Crippen molar-refractivity contribution in [2.45, 2.75) is 50.2 Å². The molecule has 2 fully saturated rings. The Kier molecular flexibility index (Phi) is 10.5. The molecule has 1 aliphatic heterocycles. The van der Waals surface area contributed by atoms with E-state index in [0.29, 0.717) is 0 Å². The average molecular weight is 487 g/mol. The molecule has 1 saturated carbocycles. The first-order chi connectivity index (χ1) is 14.1. The molecular formula is C24H34Cl3N3O. The first kappa shape index (κ1) is 26.4. The molecule has 2 heterocycles. The summed E-state index contributed by atoms with van der Waals surface area (Å²) in [4.78, 5) is 9.25. The maximum atomic E-state index is 11.6. The largest absolute Gasteiger partial charge is 0.389 e. The van der Waals surface area contributed by atoms with Crippen LogP contribution in [-0.4, -0.2) is 58.2 Å². The molecule has 1 aromatic carbocycles. The highest BCUT2D eigenvalue weighted by molar-refractivity contribution is 6.30. The predicted octanol–water partition coefficient (Wildman–Crippen LogP) is 5.18. The maximum Gasteiger partial charge on any atom is 0.0728 e. The minimum absolute atomic E-state index is 0. The molecule has 31 heavy (non-hydrogen) atoms. The molecule has 2 aromatic rings. The van der Waals surface area contributed by atoms with Gasteiger partial charge in [-0.15, -0.1) is 24.8 Å². The molecule has 2 aliphatic rings. The van der Waals surface area contributed by atoms with Crippen molar-refractivity contribution in [3.05, 3.63) is 64.9 Å². The quantitative estimate of drug-likeness (QED) is 0.611. The fourth-order valence-electron chi connectivity index (χ4n) is 4.96. The molecule has 0 bridgehead atoms. The summed E-state index contributed by atoms with van der Waals surface area (Å²) >= 11 is 6.31. The summed E-state index contributed by atoms with van der Waals surface area (Å²) in [6.07, 6.45) is 9.04. The van der Waals surface area contributed by atoms with Gasteiger partial charge in [-0.25, -0.2) is 0 Å². The molecule has 172 valence electrons. The first-order valence-electron chi connectivity index (χ1n) is 10.9. The van der Waals surface area contributed by atoms with E-state index in [1.807, 2.05) is 30.6 Å². The van der Waals surface area contributed by atoms with E-state index in [1.165, 1.54) is 17.5 Å². The van der Waals surface area contributed by atoms with Gasteiger partial charge in [0.15, 0.2) is 0 Å². The monoisotopic (exact) mass is 485 g/mol. The van der Waals surface area contributed by atoms with E-state index in [9.17, 15) is 5.11 Å². The Hall–Kier alpha value is -0.880. The summed E-state index contributed by atoms with van der Waals surface area (Å²) in [7, 11) is 0. The van der Waals surface area contributed by atoms with E-state index >= 15 is 0 Å². The number of aliphatic hydroxyl groups is 1. The molecule has 1 atom stereocenters. The highest BCUT2D eigenvalue weighted by Crippen LogP contribution is 2.41. The molecular weight excluding hydrogens is 453 g/mol. The molecule has 1 aromatic heterocycles. The van der Waals surface area contributed by atoms with Gasteiger partial charge in [0.25, 0.3) is 0 Å². The van der Waals surface area contributed by atoms with Gasteiger partial charge < -0.3 is 10.0 Å². The van der Waals surface area contributed by atoms with Gasteiger partial charge in [0.2, 0.25) is 0 Å². The van der Waals surface area contributed by atoms with Crippen molar-refractivity contribution >= 4 is 36.4 Å². The zero-order valence-electron chi connectivity index (χ0n) is 18.0. The molecule has 0 amide bonds. The average Bonchev–Trinajstić information content (AvgIpc) is 2.74. The van der Waals surface area contributed by atoms with Gasteiger partial charge in [-0.3, -0.25) is 9.88 Å². The number of benzene rings is 1. The van der Waals surface area contributed by atoms with Crippen molar-refractivity contribution in [2.75, 3.05) is 32.7 Å². The van der Waals surface area contributed by atoms with Crippen LogP contribution in [0.4, 0.5) is 0 Å². The third kappa shape index (κ3) is 7.05. The number of aromatic nitrogens is 1. The summed E-state index contributed by atoms with van der Waals surface area (Å²) < 4.78 is 0. The lowest BCUT2D eigenvalue weighted by Gasteiger charge is -2.43. The Bertz CT molecular complexity index is 779. The van der Waals surface area contributed by atoms with Gasteiger partial charge in [-0.05, 0) is 42.2 Å². The van der Waals surface area contributed by atoms with Crippen LogP contribution in [0, 0.1) is 0 Å². The van der Waals surface area contributed by atoms with E-state index in [2.05, 4.69) is 33.0 Å². The summed E-state index contributed by atoms with van der Waals surface area (Å²) in [6.45, 7) is 6.03. The fraction of sp³-hybridized carbons (Fsp3) is 0.542. The van der Waals surface area contributed by atoms with E-state index in [0.717, 1.165) is 70.0 Å². The van der Waals surface area contributed by atoms with Crippen molar-refractivity contribution in [3.8, 4) is 0 Å². The third-order valence-electron chi connectivity index (χ3n) is 6.65. The molecule has 0 spiro atoms. The van der Waals surface area contributed by atoms with Gasteiger partial charge in [-0.1, -0.05) is 49.1 Å². The van der Waals surface area contributed by atoms with Crippen LogP contribution in [0.2, 0.25) is 5.02 Å². The van der Waals surface area contributed by atoms with Gasteiger partial charge in [-0.2, -0.15) is 0 Å². The van der Waals surface area contributed by atoms with Crippen LogP contribution in [0.5, 0.6) is 0 Å². The predicted molar refractivity (Wildman–Crippen MR) is 133 cm³/mol. The van der Waals surface area contributed by atoms with Gasteiger partial charge in [0.1, 0.15) is 0 Å². The number of rotatable bonds is 6. The fourth-order valence-corrected chi connectivity index (χ4v) is 5.16. The van der Waals surface area contributed by atoms with Crippen LogP contribution in [-0.2, 0) is 6.54 Å². The molecule has 1 unspecified atom stereocenters. The van der Waals surface area contributed by atoms with Crippen LogP contribution < -0.4 is 0 Å². The summed E-state index contributed by atoms with van der Waals surface area (Å²) in [6, 6.07) is 12.3. The van der Waals surface area contributed by atoms with Crippen LogP contribution in [0.25, 0.3) is 0 Å². The summed E-state index contributed by atoms with van der Waals surface area (Å²) in [5.41, 5.74) is 1.84. The molecule has 7 heteroatoms. The highest BCUT2D eigenvalue weighted by atomic mass is 35.5. The van der Waals surface area contributed by atoms with Crippen LogP contribution >= 0.6 is 36.4 Å². The minimum Gasteiger partial charge on any atom is -0.389 e. The van der Waals surface area contributed by atoms with Gasteiger partial charge in [0.05, 0.1) is 5.60 Å². The van der Waals surface area contributed by atoms with Crippen molar-refractivity contribution in [1.29, 1.82) is 0 Å². The number of nitrogens with zero attached hydrogens (tertiary/aromatic N) is 3. The van der Waals surface area contributed by atoms with E-state index in [4.69, 9.17) is 11.6 Å². The Morgan fingerprint density at radius 3 is 2.32 bits per heavy atom. The highest BCUT2D eigenvalue weighted by Gasteiger charge is 2.40. The summed E-state index contributed by atoms with van der Waals surface area (Å²) in [5, 5.41) is 12.3. The Balaban J connectivity index is 0.00000171. The van der Waals surface area contributed by atoms with Crippen molar-refractivity contribution in [2.24, 2.45) is 0 Å². The number of pyridine rings is 1. The zero-order valence-corrected chi connectivity index (χ0v) is 20.3. The van der Waals surface area contributed by atoms with Crippen LogP contribution in [0.3, 0.4) is 0 Å². The Morgan fingerprint density at radius 1 is 0.968 bits per heavy atom. The van der Waals surface area contributed by atoms with Crippen molar-refractivity contribution in [1.82, 2.24) is 14.8 Å². The van der Waals surface area contributed by atoms with Crippen LogP contribution in [0.1, 0.15) is 49.1 Å². The number of hydrogen-bond acceptors (Lipinski definition) is 4. The van der Waals surface area contributed by atoms with E-state index in [-0.39, 0.29) is 30.7 Å². The number of piperazine rings is 1. The van der Waals surface area contributed by atoms with Crippen molar-refractivity contribution < 1.29 is 5.11 Å². The lowest BCUT2D eigenvalue weighted by Crippen LogP contribution is -2.50. The lowest BCUT2D eigenvalue weighted by atomic mass is 9.72. The molecule has 1 aliphatic carbocycles. The van der Waals surface area contributed by atoms with Gasteiger partial charge >= 0.3 is 0 Å². The molecule has 1 saturated heterocycles. The Morgan fingerprint density at radius 2 is 1.68 bits per heavy atom. The SMILES string of the molecule is Cl.Cl.OC1(C(CN2CCN(Cc3cccnc3)CC2)c2cccc(Cl)c2)CCCCC1. The van der Waals surface area contributed by atoms with E-state index in [1.54, 1.807) is 0 Å². The Labute approximate surface area is 203 Å². The summed E-state index contributed by atoms with van der Waals surface area (Å²) in [5.74, 6) is 0.117. The standard InChI is InChI=1S/C24H32ClN3O.2ClH/c25-22-8-4-7-21(16-22)23(24(29)9-2-1-3-10-24)19-28-14-12-27(13-15-28)18-20-6-5-11-26-17-20;;/h4-8,11,16-17,23,29H,1-3,9-10,12-15,18-19H2;2*1H. The number of hydrogen-bond donors (Lipinski definition) is 1. The number of halogens is 3. The second-order valence-corrected chi connectivity index (χ2v) is 9.15. The molecule has 1 N–H and O–H groups in total. The molecule has 0 radical (unpaired) electrons. The van der Waals surface area contributed by atoms with Gasteiger partial charge in [0, 0.05) is 62.6 Å². The van der Waals surface area contributed by atoms with Crippen LogP contribution in [0.15, 0.2) is 48.8 Å². The lowest BCUT2D eigenvalue weighted by molar-refractivity contribution is -0.0344. The van der Waals surface area contributed by atoms with E-state index < -0.39 is 5.60 Å². The first-order valence-corrected chi connectivity index (χ1v) is 11.3. The second kappa shape index (κ2) is 12.4. The topological polar surface area (TPSA) is 39.6 Å². The normalized spacial score (nSPS) is 20.3. The smallest absolute Gasteiger partial charge is 0.0728 e.